The van der Waals surface area contributed by atoms with E-state index in [4.69, 9.17) is 16.2 Å². The van der Waals surface area contributed by atoms with Gasteiger partial charge in [-0.15, -0.1) is 0 Å². The van der Waals surface area contributed by atoms with E-state index >= 15 is 0 Å². The molecule has 0 atom stereocenters. The van der Waals surface area contributed by atoms with Gasteiger partial charge in [0, 0.05) is 17.0 Å². The zero-order valence-electron chi connectivity index (χ0n) is 12.5. The lowest BCUT2D eigenvalue weighted by Crippen LogP contribution is -2.15. The molecular formula is C17H15N3O3. The molecule has 0 bridgehead atoms. The molecule has 2 rings (SSSR count). The first kappa shape index (κ1) is 16.0. The topological polar surface area (TPSA) is 108 Å². The molecule has 0 aliphatic carbocycles. The number of amides is 1. The van der Waals surface area contributed by atoms with Crippen LogP contribution >= 0.6 is 0 Å². The Balaban J connectivity index is 2.35. The van der Waals surface area contributed by atoms with Crippen LogP contribution in [0.25, 0.3) is 11.3 Å². The number of pyridine rings is 1. The summed E-state index contributed by atoms with van der Waals surface area (Å²) in [6.07, 6.45) is 0. The van der Waals surface area contributed by atoms with Crippen molar-refractivity contribution in [1.29, 1.82) is 0 Å². The third-order valence-electron chi connectivity index (χ3n) is 2.90. The van der Waals surface area contributed by atoms with Crippen molar-refractivity contribution in [2.24, 2.45) is 5.73 Å². The predicted octanol–water partition coefficient (Wildman–Crippen LogP) is 1.34. The SMILES string of the molecule is CCOC(=O)C#Cc1cccc(-c2ccc(N)c(C(N)=O)n2)c1. The molecular weight excluding hydrogens is 294 g/mol. The van der Waals surface area contributed by atoms with Gasteiger partial charge in [-0.05, 0) is 31.2 Å². The van der Waals surface area contributed by atoms with Crippen molar-refractivity contribution in [2.45, 2.75) is 6.92 Å². The molecule has 0 fully saturated rings. The Labute approximate surface area is 133 Å². The average Bonchev–Trinajstić information content (AvgIpc) is 2.53. The molecule has 0 aliphatic heterocycles. The third kappa shape index (κ3) is 4.08. The second kappa shape index (κ2) is 7.09. The molecule has 6 nitrogen and oxygen atoms in total. The minimum atomic E-state index is -0.692. The van der Waals surface area contributed by atoms with E-state index in [1.807, 2.05) is 0 Å². The fourth-order valence-electron chi connectivity index (χ4n) is 1.87. The summed E-state index contributed by atoms with van der Waals surface area (Å²) in [4.78, 5) is 26.7. The summed E-state index contributed by atoms with van der Waals surface area (Å²) in [6, 6.07) is 10.3. The summed E-state index contributed by atoms with van der Waals surface area (Å²) >= 11 is 0. The highest BCUT2D eigenvalue weighted by atomic mass is 16.5. The van der Waals surface area contributed by atoms with Crippen LogP contribution in [0, 0.1) is 11.8 Å². The van der Waals surface area contributed by atoms with Gasteiger partial charge in [0.2, 0.25) is 0 Å². The van der Waals surface area contributed by atoms with Gasteiger partial charge in [0.05, 0.1) is 18.0 Å². The van der Waals surface area contributed by atoms with Gasteiger partial charge in [0.25, 0.3) is 5.91 Å². The molecule has 0 unspecified atom stereocenters. The van der Waals surface area contributed by atoms with Crippen molar-refractivity contribution in [1.82, 2.24) is 4.98 Å². The van der Waals surface area contributed by atoms with Crippen LogP contribution in [0.15, 0.2) is 36.4 Å². The number of aromatic nitrogens is 1. The van der Waals surface area contributed by atoms with Gasteiger partial charge in [0.15, 0.2) is 5.69 Å². The Hall–Kier alpha value is -3.33. The molecule has 0 radical (unpaired) electrons. The molecule has 4 N–H and O–H groups in total. The number of primary amides is 1. The van der Waals surface area contributed by atoms with Gasteiger partial charge in [0.1, 0.15) is 0 Å². The number of hydrogen-bond donors (Lipinski definition) is 2. The summed E-state index contributed by atoms with van der Waals surface area (Å²) in [5, 5.41) is 0. The van der Waals surface area contributed by atoms with E-state index in [2.05, 4.69) is 16.8 Å². The molecule has 1 amide bonds. The van der Waals surface area contributed by atoms with E-state index in [1.54, 1.807) is 43.3 Å². The lowest BCUT2D eigenvalue weighted by molar-refractivity contribution is -0.136. The predicted molar refractivity (Wildman–Crippen MR) is 86.1 cm³/mol. The van der Waals surface area contributed by atoms with Crippen LogP contribution in [0.5, 0.6) is 0 Å². The number of esters is 1. The summed E-state index contributed by atoms with van der Waals surface area (Å²) in [5.74, 6) is 3.84. The quantitative estimate of drug-likeness (QED) is 0.657. The van der Waals surface area contributed by atoms with Crippen molar-refractivity contribution in [3.63, 3.8) is 0 Å². The molecule has 1 aromatic carbocycles. The maximum absolute atomic E-state index is 11.3. The number of carbonyl (C=O) groups excluding carboxylic acids is 2. The number of nitrogens with two attached hydrogens (primary N) is 2. The molecule has 116 valence electrons. The Kier molecular flexibility index (Phi) is 4.95. The normalized spacial score (nSPS) is 9.61. The molecule has 0 aliphatic rings. The lowest BCUT2D eigenvalue weighted by atomic mass is 10.1. The van der Waals surface area contributed by atoms with Gasteiger partial charge < -0.3 is 16.2 Å². The first-order chi connectivity index (χ1) is 11.0. The molecule has 1 heterocycles. The molecule has 6 heteroatoms. The number of carbonyl (C=O) groups is 2. The molecule has 1 aromatic heterocycles. The summed E-state index contributed by atoms with van der Waals surface area (Å²) < 4.78 is 4.74. The van der Waals surface area contributed by atoms with E-state index in [-0.39, 0.29) is 18.0 Å². The van der Waals surface area contributed by atoms with E-state index in [9.17, 15) is 9.59 Å². The summed E-state index contributed by atoms with van der Waals surface area (Å²) in [5.41, 5.74) is 13.0. The minimum Gasteiger partial charge on any atom is -0.456 e. The third-order valence-corrected chi connectivity index (χ3v) is 2.90. The Morgan fingerprint density at radius 2 is 2.04 bits per heavy atom. The first-order valence-corrected chi connectivity index (χ1v) is 6.86. The number of ether oxygens (including phenoxy) is 1. The zero-order chi connectivity index (χ0) is 16.8. The van der Waals surface area contributed by atoms with E-state index in [1.165, 1.54) is 0 Å². The van der Waals surface area contributed by atoms with Crippen LogP contribution in [0.3, 0.4) is 0 Å². The standard InChI is InChI=1S/C17H15N3O3/c1-2-23-15(21)9-6-11-4-3-5-12(10-11)14-8-7-13(18)16(20-14)17(19)22/h3-5,7-8,10H,2,18H2,1H3,(H2,19,22). The fourth-order valence-corrected chi connectivity index (χ4v) is 1.87. The Morgan fingerprint density at radius 1 is 1.26 bits per heavy atom. The second-order valence-corrected chi connectivity index (χ2v) is 4.55. The summed E-state index contributed by atoms with van der Waals surface area (Å²) in [6.45, 7) is 1.99. The first-order valence-electron chi connectivity index (χ1n) is 6.86. The van der Waals surface area contributed by atoms with Crippen LogP contribution in [0.2, 0.25) is 0 Å². The van der Waals surface area contributed by atoms with Gasteiger partial charge in [-0.25, -0.2) is 9.78 Å². The monoisotopic (exact) mass is 309 g/mol. The number of anilines is 1. The molecule has 0 saturated carbocycles. The lowest BCUT2D eigenvalue weighted by Gasteiger charge is -2.05. The van der Waals surface area contributed by atoms with Crippen molar-refractivity contribution < 1.29 is 14.3 Å². The minimum absolute atomic E-state index is 0.0190. The van der Waals surface area contributed by atoms with Crippen LogP contribution in [-0.2, 0) is 9.53 Å². The number of nitrogens with zero attached hydrogens (tertiary/aromatic N) is 1. The smallest absolute Gasteiger partial charge is 0.384 e. The summed E-state index contributed by atoms with van der Waals surface area (Å²) in [7, 11) is 0. The zero-order valence-corrected chi connectivity index (χ0v) is 12.5. The highest BCUT2D eigenvalue weighted by Crippen LogP contribution is 2.21. The second-order valence-electron chi connectivity index (χ2n) is 4.55. The van der Waals surface area contributed by atoms with Crippen molar-refractivity contribution in [3.8, 4) is 23.1 Å². The maximum Gasteiger partial charge on any atom is 0.384 e. The number of benzene rings is 1. The Morgan fingerprint density at radius 3 is 2.74 bits per heavy atom. The Bertz CT molecular complexity index is 819. The average molecular weight is 309 g/mol. The van der Waals surface area contributed by atoms with Crippen LogP contribution in [0.4, 0.5) is 5.69 Å². The van der Waals surface area contributed by atoms with E-state index in [0.29, 0.717) is 11.3 Å². The fraction of sp³-hybridized carbons (Fsp3) is 0.118. The largest absolute Gasteiger partial charge is 0.456 e. The van der Waals surface area contributed by atoms with Crippen LogP contribution in [-0.4, -0.2) is 23.5 Å². The van der Waals surface area contributed by atoms with Crippen LogP contribution in [0.1, 0.15) is 23.0 Å². The van der Waals surface area contributed by atoms with Gasteiger partial charge in [-0.1, -0.05) is 18.1 Å². The number of nitrogen functional groups attached to an aromatic ring is 1. The van der Waals surface area contributed by atoms with E-state index in [0.717, 1.165) is 5.56 Å². The van der Waals surface area contributed by atoms with Crippen molar-refractivity contribution in [3.05, 3.63) is 47.7 Å². The van der Waals surface area contributed by atoms with Crippen molar-refractivity contribution in [2.75, 3.05) is 12.3 Å². The van der Waals surface area contributed by atoms with E-state index < -0.39 is 11.9 Å². The van der Waals surface area contributed by atoms with Crippen molar-refractivity contribution >= 4 is 17.6 Å². The number of rotatable bonds is 3. The van der Waals surface area contributed by atoms with Gasteiger partial charge >= 0.3 is 5.97 Å². The molecule has 2 aromatic rings. The molecule has 0 spiro atoms. The molecule has 23 heavy (non-hydrogen) atoms. The maximum atomic E-state index is 11.3. The highest BCUT2D eigenvalue weighted by molar-refractivity contribution is 5.96. The van der Waals surface area contributed by atoms with Gasteiger partial charge in [-0.3, -0.25) is 4.79 Å². The highest BCUT2D eigenvalue weighted by Gasteiger charge is 2.10. The van der Waals surface area contributed by atoms with Crippen LogP contribution < -0.4 is 11.5 Å². The number of hydrogen-bond acceptors (Lipinski definition) is 5. The van der Waals surface area contributed by atoms with Gasteiger partial charge in [-0.2, -0.15) is 0 Å². The molecule has 0 saturated heterocycles.